The van der Waals surface area contributed by atoms with Crippen LogP contribution in [0.15, 0.2) is 48.5 Å². The van der Waals surface area contributed by atoms with Crippen molar-refractivity contribution < 1.29 is 14.3 Å². The molecule has 2 aliphatic rings. The van der Waals surface area contributed by atoms with E-state index in [1.165, 1.54) is 0 Å². The highest BCUT2D eigenvalue weighted by molar-refractivity contribution is 5.82. The molecule has 0 saturated heterocycles. The van der Waals surface area contributed by atoms with E-state index in [2.05, 4.69) is 10.2 Å². The van der Waals surface area contributed by atoms with Crippen molar-refractivity contribution in [2.75, 3.05) is 13.8 Å². The van der Waals surface area contributed by atoms with Crippen LogP contribution < -0.4 is 9.47 Å². The molecule has 3 aromatic rings. The maximum absolute atomic E-state index is 13.0. The third-order valence-corrected chi connectivity index (χ3v) is 5.02. The topological polar surface area (TPSA) is 69.5 Å². The van der Waals surface area contributed by atoms with Crippen molar-refractivity contribution >= 4 is 5.91 Å². The highest BCUT2D eigenvalue weighted by atomic mass is 16.7. The van der Waals surface area contributed by atoms with Gasteiger partial charge in [-0.25, -0.2) is 0 Å². The lowest BCUT2D eigenvalue weighted by atomic mass is 10.0. The zero-order chi connectivity index (χ0) is 18.4. The molecule has 5 rings (SSSR count). The average Bonchev–Trinajstić information content (AvgIpc) is 3.32. The van der Waals surface area contributed by atoms with Crippen molar-refractivity contribution in [2.24, 2.45) is 0 Å². The van der Waals surface area contributed by atoms with Crippen molar-refractivity contribution in [1.82, 2.24) is 19.7 Å². The standard InChI is InChI=1S/C20H18N4O3/c1-23-11-18-21-22-19(14-7-8-16-17(10-14)27-12-26-16)24(18)15(20(23)25)9-13-5-3-2-4-6-13/h2-8,10,15H,9,11-12H2,1H3/t15-/m0/s1. The first-order valence-corrected chi connectivity index (χ1v) is 8.83. The van der Waals surface area contributed by atoms with Crippen LogP contribution in [-0.4, -0.2) is 39.4 Å². The molecular weight excluding hydrogens is 344 g/mol. The fourth-order valence-corrected chi connectivity index (χ4v) is 3.66. The summed E-state index contributed by atoms with van der Waals surface area (Å²) in [5.41, 5.74) is 1.95. The lowest BCUT2D eigenvalue weighted by Gasteiger charge is -2.31. The van der Waals surface area contributed by atoms with Gasteiger partial charge in [0.15, 0.2) is 23.1 Å². The van der Waals surface area contributed by atoms with E-state index in [9.17, 15) is 4.79 Å². The van der Waals surface area contributed by atoms with Gasteiger partial charge in [0.1, 0.15) is 6.04 Å². The summed E-state index contributed by atoms with van der Waals surface area (Å²) in [6.45, 7) is 0.665. The summed E-state index contributed by atoms with van der Waals surface area (Å²) in [7, 11) is 1.80. The molecule has 0 spiro atoms. The molecule has 0 N–H and O–H groups in total. The molecule has 0 radical (unpaired) electrons. The van der Waals surface area contributed by atoms with Crippen molar-refractivity contribution in [3.63, 3.8) is 0 Å². The molecule has 7 nitrogen and oxygen atoms in total. The fraction of sp³-hybridized carbons (Fsp3) is 0.250. The molecular formula is C20H18N4O3. The summed E-state index contributed by atoms with van der Waals surface area (Å²) in [6, 6.07) is 15.3. The largest absolute Gasteiger partial charge is 0.454 e. The van der Waals surface area contributed by atoms with E-state index in [4.69, 9.17) is 9.47 Å². The minimum Gasteiger partial charge on any atom is -0.454 e. The third-order valence-electron chi connectivity index (χ3n) is 5.02. The van der Waals surface area contributed by atoms with Crippen LogP contribution >= 0.6 is 0 Å². The number of ether oxygens (including phenoxy) is 2. The Morgan fingerprint density at radius 1 is 1.07 bits per heavy atom. The predicted octanol–water partition coefficient (Wildman–Crippen LogP) is 2.43. The number of carbonyl (C=O) groups is 1. The first-order valence-electron chi connectivity index (χ1n) is 8.83. The zero-order valence-electron chi connectivity index (χ0n) is 14.8. The van der Waals surface area contributed by atoms with Crippen LogP contribution in [-0.2, 0) is 17.8 Å². The first kappa shape index (κ1) is 15.9. The van der Waals surface area contributed by atoms with Crippen LogP contribution in [0.25, 0.3) is 11.4 Å². The van der Waals surface area contributed by atoms with E-state index >= 15 is 0 Å². The Balaban J connectivity index is 1.59. The van der Waals surface area contributed by atoms with Gasteiger partial charge in [-0.05, 0) is 23.8 Å². The maximum Gasteiger partial charge on any atom is 0.246 e. The molecule has 2 aromatic carbocycles. The van der Waals surface area contributed by atoms with Crippen molar-refractivity contribution in [3.05, 3.63) is 59.9 Å². The van der Waals surface area contributed by atoms with Gasteiger partial charge in [0.2, 0.25) is 12.7 Å². The number of hydrogen-bond donors (Lipinski definition) is 0. The minimum atomic E-state index is -0.378. The second-order valence-corrected chi connectivity index (χ2v) is 6.78. The summed E-state index contributed by atoms with van der Waals surface area (Å²) >= 11 is 0. The van der Waals surface area contributed by atoms with E-state index < -0.39 is 0 Å². The monoisotopic (exact) mass is 362 g/mol. The van der Waals surface area contributed by atoms with Gasteiger partial charge < -0.3 is 14.4 Å². The lowest BCUT2D eigenvalue weighted by molar-refractivity contribution is -0.135. The Morgan fingerprint density at radius 3 is 2.74 bits per heavy atom. The average molecular weight is 362 g/mol. The van der Waals surface area contributed by atoms with Crippen molar-refractivity contribution in [1.29, 1.82) is 0 Å². The Hall–Kier alpha value is -3.35. The number of rotatable bonds is 3. The minimum absolute atomic E-state index is 0.0631. The molecule has 3 heterocycles. The van der Waals surface area contributed by atoms with Gasteiger partial charge in [-0.1, -0.05) is 30.3 Å². The number of amides is 1. The molecule has 0 fully saturated rings. The molecule has 0 aliphatic carbocycles. The van der Waals surface area contributed by atoms with Crippen LogP contribution in [0.5, 0.6) is 11.5 Å². The molecule has 0 saturated carbocycles. The van der Waals surface area contributed by atoms with E-state index in [0.29, 0.717) is 30.3 Å². The number of nitrogens with zero attached hydrogens (tertiary/aromatic N) is 4. The molecule has 1 aromatic heterocycles. The Bertz CT molecular complexity index is 1020. The summed E-state index contributed by atoms with van der Waals surface area (Å²) in [5.74, 6) is 2.92. The first-order chi connectivity index (χ1) is 13.2. The SMILES string of the molecule is CN1Cc2nnc(-c3ccc4c(c3)OCO4)n2[C@@H](Cc2ccccc2)C1=O. The molecule has 136 valence electrons. The normalized spacial score (nSPS) is 17.9. The summed E-state index contributed by atoms with van der Waals surface area (Å²) < 4.78 is 12.8. The highest BCUT2D eigenvalue weighted by Gasteiger charge is 2.35. The molecule has 0 bridgehead atoms. The van der Waals surface area contributed by atoms with E-state index in [1.807, 2.05) is 53.1 Å². The van der Waals surface area contributed by atoms with Gasteiger partial charge in [0.25, 0.3) is 0 Å². The van der Waals surface area contributed by atoms with Crippen molar-refractivity contribution in [2.45, 2.75) is 19.0 Å². The van der Waals surface area contributed by atoms with Gasteiger partial charge in [-0.2, -0.15) is 0 Å². The van der Waals surface area contributed by atoms with Crippen LogP contribution in [0.4, 0.5) is 0 Å². The Kier molecular flexibility index (Phi) is 3.60. The van der Waals surface area contributed by atoms with Crippen LogP contribution in [0, 0.1) is 0 Å². The molecule has 27 heavy (non-hydrogen) atoms. The molecule has 2 aliphatic heterocycles. The molecule has 7 heteroatoms. The number of likely N-dealkylation sites (N-methyl/N-ethyl adjacent to an activating group) is 1. The van der Waals surface area contributed by atoms with Crippen molar-refractivity contribution in [3.8, 4) is 22.9 Å². The molecule has 0 unspecified atom stereocenters. The number of carbonyl (C=O) groups excluding carboxylic acids is 1. The van der Waals surface area contributed by atoms with Gasteiger partial charge >= 0.3 is 0 Å². The second kappa shape index (κ2) is 6.12. The van der Waals surface area contributed by atoms with E-state index in [1.54, 1.807) is 11.9 Å². The number of aromatic nitrogens is 3. The van der Waals surface area contributed by atoms with E-state index in [-0.39, 0.29) is 18.7 Å². The third kappa shape index (κ3) is 2.63. The summed E-state index contributed by atoms with van der Waals surface area (Å²) in [5, 5.41) is 8.74. The lowest BCUT2D eigenvalue weighted by Crippen LogP contribution is -2.41. The quantitative estimate of drug-likeness (QED) is 0.716. The van der Waals surface area contributed by atoms with Crippen LogP contribution in [0.1, 0.15) is 17.4 Å². The van der Waals surface area contributed by atoms with Crippen LogP contribution in [0.2, 0.25) is 0 Å². The number of hydrogen-bond acceptors (Lipinski definition) is 5. The zero-order valence-corrected chi connectivity index (χ0v) is 14.8. The van der Waals surface area contributed by atoms with Gasteiger partial charge in [0, 0.05) is 19.0 Å². The highest BCUT2D eigenvalue weighted by Crippen LogP contribution is 2.37. The van der Waals surface area contributed by atoms with Gasteiger partial charge in [-0.3, -0.25) is 9.36 Å². The maximum atomic E-state index is 13.0. The second-order valence-electron chi connectivity index (χ2n) is 6.78. The fourth-order valence-electron chi connectivity index (χ4n) is 3.66. The Labute approximate surface area is 156 Å². The van der Waals surface area contributed by atoms with Gasteiger partial charge in [0.05, 0.1) is 6.54 Å². The van der Waals surface area contributed by atoms with E-state index in [0.717, 1.165) is 17.0 Å². The number of fused-ring (bicyclic) bond motifs is 2. The molecule has 1 amide bonds. The predicted molar refractivity (Wildman–Crippen MR) is 97.2 cm³/mol. The van der Waals surface area contributed by atoms with Gasteiger partial charge in [-0.15, -0.1) is 10.2 Å². The Morgan fingerprint density at radius 2 is 1.89 bits per heavy atom. The molecule has 1 atom stereocenters. The number of benzene rings is 2. The van der Waals surface area contributed by atoms with Crippen LogP contribution in [0.3, 0.4) is 0 Å². The smallest absolute Gasteiger partial charge is 0.246 e. The summed E-state index contributed by atoms with van der Waals surface area (Å²) in [6.07, 6.45) is 0.590. The summed E-state index contributed by atoms with van der Waals surface area (Å²) in [4.78, 5) is 14.7.